The van der Waals surface area contributed by atoms with Crippen LogP contribution in [0.3, 0.4) is 0 Å². The van der Waals surface area contributed by atoms with E-state index in [1.54, 1.807) is 11.3 Å². The first-order valence-electron chi connectivity index (χ1n) is 15.1. The fourth-order valence-corrected chi connectivity index (χ4v) is 7.70. The average molecular weight is 654 g/mol. The SMILES string of the molecule is CSC1C(C2=CC(Cc3ccc(-c4ccc(C(=O)NC5CC5)cc4)s3)=C(C)CC2)OC(OC(C)=O)C(OC(C)=O)C1OC(C)=O. The summed E-state index contributed by atoms with van der Waals surface area (Å²) >= 11 is 3.17. The van der Waals surface area contributed by atoms with E-state index >= 15 is 0 Å². The Morgan fingerprint density at radius 1 is 0.911 bits per heavy atom. The number of benzene rings is 1. The zero-order valence-corrected chi connectivity index (χ0v) is 27.8. The highest BCUT2D eigenvalue weighted by Gasteiger charge is 2.52. The van der Waals surface area contributed by atoms with E-state index in [1.165, 1.54) is 48.6 Å². The first-order chi connectivity index (χ1) is 21.5. The molecule has 0 radical (unpaired) electrons. The van der Waals surface area contributed by atoms with Crippen molar-refractivity contribution in [3.05, 3.63) is 69.6 Å². The highest BCUT2D eigenvalue weighted by Crippen LogP contribution is 2.40. The molecule has 2 fully saturated rings. The van der Waals surface area contributed by atoms with Gasteiger partial charge in [0.05, 0.1) is 11.4 Å². The number of esters is 3. The minimum atomic E-state index is -1.23. The standard InChI is InChI=1S/C34H39NO8S2/c1-18-6-7-24(29-32(44-5)30(40-19(2)36)31(41-20(3)37)34(43-29)42-21(4)38)16-25(18)17-27-14-15-28(45-27)22-8-10-23(11-9-22)33(39)35-26-12-13-26/h8-11,14-16,26,29-32,34H,6-7,12-13,17H2,1-5H3,(H,35,39). The van der Waals surface area contributed by atoms with Gasteiger partial charge in [-0.2, -0.15) is 11.8 Å². The van der Waals surface area contributed by atoms with Gasteiger partial charge in [0.25, 0.3) is 5.91 Å². The smallest absolute Gasteiger partial charge is 0.305 e. The van der Waals surface area contributed by atoms with E-state index in [0.29, 0.717) is 11.6 Å². The van der Waals surface area contributed by atoms with Crippen LogP contribution in [-0.4, -0.2) is 66.0 Å². The lowest BCUT2D eigenvalue weighted by Crippen LogP contribution is -2.60. The van der Waals surface area contributed by atoms with Crippen LogP contribution in [0, 0.1) is 0 Å². The van der Waals surface area contributed by atoms with E-state index in [0.717, 1.165) is 48.1 Å². The molecule has 1 amide bonds. The first kappa shape index (κ1) is 33.0. The zero-order chi connectivity index (χ0) is 32.2. The monoisotopic (exact) mass is 653 g/mol. The number of nitrogens with one attached hydrogen (secondary N) is 1. The third-order valence-electron chi connectivity index (χ3n) is 8.09. The molecule has 2 aromatic rings. The summed E-state index contributed by atoms with van der Waals surface area (Å²) in [5, 5.41) is 2.62. The molecule has 1 aromatic carbocycles. The van der Waals surface area contributed by atoms with Crippen molar-refractivity contribution in [2.24, 2.45) is 0 Å². The molecular formula is C34H39NO8S2. The molecule has 1 saturated heterocycles. The normalized spacial score (nSPS) is 24.8. The summed E-state index contributed by atoms with van der Waals surface area (Å²) in [4.78, 5) is 50.8. The Bertz CT molecular complexity index is 1510. The minimum absolute atomic E-state index is 0.0240. The van der Waals surface area contributed by atoms with Gasteiger partial charge >= 0.3 is 17.9 Å². The van der Waals surface area contributed by atoms with Gasteiger partial charge in [0, 0.05) is 48.6 Å². The average Bonchev–Trinajstić information content (AvgIpc) is 3.68. The van der Waals surface area contributed by atoms with Gasteiger partial charge in [-0.25, -0.2) is 0 Å². The van der Waals surface area contributed by atoms with Crippen molar-refractivity contribution < 1.29 is 38.1 Å². The van der Waals surface area contributed by atoms with Crippen LogP contribution < -0.4 is 5.32 Å². The van der Waals surface area contributed by atoms with Crippen molar-refractivity contribution in [3.63, 3.8) is 0 Å². The molecule has 1 aliphatic heterocycles. The molecule has 45 heavy (non-hydrogen) atoms. The van der Waals surface area contributed by atoms with Crippen molar-refractivity contribution in [2.75, 3.05) is 6.26 Å². The summed E-state index contributed by atoms with van der Waals surface area (Å²) < 4.78 is 23.0. The molecule has 11 heteroatoms. The predicted molar refractivity (Wildman–Crippen MR) is 173 cm³/mol. The summed E-state index contributed by atoms with van der Waals surface area (Å²) in [6.07, 6.45) is 4.68. The molecule has 0 spiro atoms. The summed E-state index contributed by atoms with van der Waals surface area (Å²) in [7, 11) is 0. The van der Waals surface area contributed by atoms with Gasteiger partial charge in [-0.05, 0) is 79.8 Å². The van der Waals surface area contributed by atoms with Gasteiger partial charge in [0.2, 0.25) is 12.4 Å². The Morgan fingerprint density at radius 2 is 1.58 bits per heavy atom. The fourth-order valence-electron chi connectivity index (χ4n) is 5.70. The van der Waals surface area contributed by atoms with Crippen LogP contribution in [0.4, 0.5) is 0 Å². The van der Waals surface area contributed by atoms with Crippen LogP contribution in [-0.2, 0) is 39.8 Å². The van der Waals surface area contributed by atoms with Crippen LogP contribution in [0.1, 0.15) is 68.6 Å². The Hall–Kier alpha value is -3.41. The molecule has 2 heterocycles. The number of thiophene rings is 1. The molecule has 5 atom stereocenters. The molecule has 240 valence electrons. The first-order valence-corrected chi connectivity index (χ1v) is 17.2. The van der Waals surface area contributed by atoms with Crippen molar-refractivity contribution in [3.8, 4) is 10.4 Å². The lowest BCUT2D eigenvalue weighted by molar-refractivity contribution is -0.259. The summed E-state index contributed by atoms with van der Waals surface area (Å²) in [6, 6.07) is 12.3. The van der Waals surface area contributed by atoms with E-state index in [-0.39, 0.29) is 5.91 Å². The molecule has 5 rings (SSSR count). The third-order valence-corrected chi connectivity index (χ3v) is 10.3. The fraction of sp³-hybridized carbons (Fsp3) is 0.471. The zero-order valence-electron chi connectivity index (χ0n) is 26.1. The number of allylic oxidation sites excluding steroid dienone is 3. The molecular weight excluding hydrogens is 615 g/mol. The maximum Gasteiger partial charge on any atom is 0.305 e. The van der Waals surface area contributed by atoms with Gasteiger partial charge in [-0.3, -0.25) is 19.2 Å². The van der Waals surface area contributed by atoms with E-state index in [9.17, 15) is 19.2 Å². The van der Waals surface area contributed by atoms with Crippen molar-refractivity contribution >= 4 is 46.9 Å². The van der Waals surface area contributed by atoms with Gasteiger partial charge in [0.15, 0.2) is 6.10 Å². The van der Waals surface area contributed by atoms with Gasteiger partial charge < -0.3 is 24.3 Å². The largest absolute Gasteiger partial charge is 0.457 e. The quantitative estimate of drug-likeness (QED) is 0.252. The molecule has 5 unspecified atom stereocenters. The maximum absolute atomic E-state index is 12.4. The lowest BCUT2D eigenvalue weighted by Gasteiger charge is -2.45. The Balaban J connectivity index is 1.36. The number of thioether (sulfide) groups is 1. The molecule has 2 aliphatic carbocycles. The van der Waals surface area contributed by atoms with E-state index in [4.69, 9.17) is 18.9 Å². The molecule has 1 aromatic heterocycles. The Labute approximate surface area is 271 Å². The number of ether oxygens (including phenoxy) is 4. The highest BCUT2D eigenvalue weighted by atomic mass is 32.2. The second-order valence-corrected chi connectivity index (χ2v) is 13.9. The topological polar surface area (TPSA) is 117 Å². The van der Waals surface area contributed by atoms with Gasteiger partial charge in [0.1, 0.15) is 0 Å². The van der Waals surface area contributed by atoms with Crippen LogP contribution in [0.5, 0.6) is 0 Å². The van der Waals surface area contributed by atoms with E-state index < -0.39 is 47.8 Å². The number of hydrogen-bond donors (Lipinski definition) is 1. The van der Waals surface area contributed by atoms with E-state index in [2.05, 4.69) is 30.4 Å². The highest BCUT2D eigenvalue weighted by molar-refractivity contribution is 7.99. The van der Waals surface area contributed by atoms with Crippen molar-refractivity contribution in [1.29, 1.82) is 0 Å². The minimum Gasteiger partial charge on any atom is -0.457 e. The molecule has 9 nitrogen and oxygen atoms in total. The predicted octanol–water partition coefficient (Wildman–Crippen LogP) is 5.77. The van der Waals surface area contributed by atoms with Crippen molar-refractivity contribution in [2.45, 2.75) is 95.7 Å². The van der Waals surface area contributed by atoms with E-state index in [1.807, 2.05) is 30.5 Å². The molecule has 1 saturated carbocycles. The Morgan fingerprint density at radius 3 is 2.20 bits per heavy atom. The molecule has 1 N–H and O–H groups in total. The van der Waals surface area contributed by atoms with Crippen LogP contribution >= 0.6 is 23.1 Å². The summed E-state index contributed by atoms with van der Waals surface area (Å²) in [5.74, 6) is -1.75. The second kappa shape index (κ2) is 14.3. The molecule has 3 aliphatic rings. The number of amides is 1. The number of carbonyl (C=O) groups is 4. The number of hydrogen-bond acceptors (Lipinski definition) is 10. The van der Waals surface area contributed by atoms with Crippen LogP contribution in [0.2, 0.25) is 0 Å². The Kier molecular flexibility index (Phi) is 10.5. The third kappa shape index (κ3) is 8.25. The van der Waals surface area contributed by atoms with Crippen LogP contribution in [0.15, 0.2) is 59.2 Å². The lowest BCUT2D eigenvalue weighted by atomic mass is 9.85. The molecule has 0 bridgehead atoms. The summed E-state index contributed by atoms with van der Waals surface area (Å²) in [6.45, 7) is 5.94. The van der Waals surface area contributed by atoms with Crippen molar-refractivity contribution in [1.82, 2.24) is 5.32 Å². The summed E-state index contributed by atoms with van der Waals surface area (Å²) in [5.41, 5.74) is 5.19. The maximum atomic E-state index is 12.4. The number of carbonyl (C=O) groups excluding carboxylic acids is 4. The number of rotatable bonds is 10. The van der Waals surface area contributed by atoms with Gasteiger partial charge in [-0.15, -0.1) is 11.3 Å². The van der Waals surface area contributed by atoms with Crippen LogP contribution in [0.25, 0.3) is 10.4 Å². The van der Waals surface area contributed by atoms with Gasteiger partial charge in [-0.1, -0.05) is 23.8 Å². The second-order valence-electron chi connectivity index (χ2n) is 11.7.